The van der Waals surface area contributed by atoms with Crippen LogP contribution in [0.3, 0.4) is 0 Å². The number of alkyl halides is 4. The summed E-state index contributed by atoms with van der Waals surface area (Å²) in [5, 5.41) is 1.77. The number of nitrogens with one attached hydrogen (secondary N) is 1. The molecule has 0 aromatic heterocycles. The standard InChI is InChI=1S/C9H16F4N2O/c1-6(4-14)2-3-7(16)15-5-9(12,13)8(10)11/h6,8H,2-5,14H2,1H3,(H,15,16). The van der Waals surface area contributed by atoms with Crippen LogP contribution < -0.4 is 11.1 Å². The fraction of sp³-hybridized carbons (Fsp3) is 0.889. The van der Waals surface area contributed by atoms with Gasteiger partial charge in [-0.05, 0) is 18.9 Å². The van der Waals surface area contributed by atoms with E-state index >= 15 is 0 Å². The summed E-state index contributed by atoms with van der Waals surface area (Å²) in [5.41, 5.74) is 5.29. The molecule has 3 N–H and O–H groups in total. The predicted molar refractivity (Wildman–Crippen MR) is 51.4 cm³/mol. The predicted octanol–water partition coefficient (Wildman–Crippen LogP) is 1.38. The average molecular weight is 244 g/mol. The van der Waals surface area contributed by atoms with Crippen LogP contribution in [0, 0.1) is 5.92 Å². The van der Waals surface area contributed by atoms with Gasteiger partial charge >= 0.3 is 12.3 Å². The molecule has 7 heteroatoms. The highest BCUT2D eigenvalue weighted by atomic mass is 19.3. The molecule has 16 heavy (non-hydrogen) atoms. The first-order chi connectivity index (χ1) is 7.29. The van der Waals surface area contributed by atoms with Crippen LogP contribution in [0.1, 0.15) is 19.8 Å². The molecule has 0 fully saturated rings. The summed E-state index contributed by atoms with van der Waals surface area (Å²) in [6.07, 6.45) is -3.31. The molecule has 0 aliphatic heterocycles. The number of hydrogen-bond donors (Lipinski definition) is 2. The molecule has 0 saturated carbocycles. The normalized spacial score (nSPS) is 13.9. The lowest BCUT2D eigenvalue weighted by molar-refractivity contribution is -0.136. The summed E-state index contributed by atoms with van der Waals surface area (Å²) < 4.78 is 48.2. The van der Waals surface area contributed by atoms with Crippen LogP contribution >= 0.6 is 0 Å². The Morgan fingerprint density at radius 1 is 1.44 bits per heavy atom. The molecule has 0 bridgehead atoms. The Morgan fingerprint density at radius 2 is 2.00 bits per heavy atom. The highest BCUT2D eigenvalue weighted by molar-refractivity contribution is 5.75. The molecule has 0 aliphatic rings. The zero-order valence-corrected chi connectivity index (χ0v) is 8.98. The lowest BCUT2D eigenvalue weighted by Gasteiger charge is -2.16. The summed E-state index contributed by atoms with van der Waals surface area (Å²) in [4.78, 5) is 11.0. The second kappa shape index (κ2) is 6.67. The van der Waals surface area contributed by atoms with Gasteiger partial charge in [0.1, 0.15) is 0 Å². The van der Waals surface area contributed by atoms with Crippen LogP contribution in [0.15, 0.2) is 0 Å². The summed E-state index contributed by atoms with van der Waals surface area (Å²) in [5.74, 6) is -4.74. The molecule has 0 rings (SSSR count). The summed E-state index contributed by atoms with van der Waals surface area (Å²) in [6, 6.07) is 0. The van der Waals surface area contributed by atoms with Gasteiger partial charge in [0.2, 0.25) is 5.91 Å². The maximum absolute atomic E-state index is 12.4. The van der Waals surface area contributed by atoms with Gasteiger partial charge in [-0.2, -0.15) is 8.78 Å². The van der Waals surface area contributed by atoms with Crippen LogP contribution in [0.4, 0.5) is 17.6 Å². The van der Waals surface area contributed by atoms with Crippen LogP contribution in [0.25, 0.3) is 0 Å². The quantitative estimate of drug-likeness (QED) is 0.665. The van der Waals surface area contributed by atoms with Gasteiger partial charge in [-0.3, -0.25) is 4.79 Å². The van der Waals surface area contributed by atoms with Crippen molar-refractivity contribution in [2.24, 2.45) is 11.7 Å². The Morgan fingerprint density at radius 3 is 2.44 bits per heavy atom. The molecule has 96 valence electrons. The van der Waals surface area contributed by atoms with Crippen molar-refractivity contribution in [1.29, 1.82) is 0 Å². The largest absolute Gasteiger partial charge is 0.350 e. The van der Waals surface area contributed by atoms with Crippen molar-refractivity contribution in [3.05, 3.63) is 0 Å². The van der Waals surface area contributed by atoms with Crippen LogP contribution in [-0.4, -0.2) is 31.3 Å². The molecule has 0 heterocycles. The van der Waals surface area contributed by atoms with E-state index in [9.17, 15) is 22.4 Å². The van der Waals surface area contributed by atoms with Crippen molar-refractivity contribution in [2.75, 3.05) is 13.1 Å². The number of rotatable bonds is 7. The van der Waals surface area contributed by atoms with Crippen LogP contribution in [0.5, 0.6) is 0 Å². The smallest absolute Gasteiger partial charge is 0.324 e. The zero-order chi connectivity index (χ0) is 12.8. The van der Waals surface area contributed by atoms with Gasteiger partial charge in [0.25, 0.3) is 0 Å². The van der Waals surface area contributed by atoms with Crippen LogP contribution in [-0.2, 0) is 4.79 Å². The minimum atomic E-state index is -4.17. The molecule has 0 spiro atoms. The highest BCUT2D eigenvalue weighted by Gasteiger charge is 2.40. The van der Waals surface area contributed by atoms with Gasteiger partial charge in [-0.15, -0.1) is 0 Å². The minimum absolute atomic E-state index is 0.0116. The topological polar surface area (TPSA) is 55.1 Å². The molecule has 0 aromatic rings. The SMILES string of the molecule is CC(CN)CCC(=O)NCC(F)(F)C(F)F. The van der Waals surface area contributed by atoms with Gasteiger partial charge in [-0.1, -0.05) is 6.92 Å². The maximum atomic E-state index is 12.4. The van der Waals surface area contributed by atoms with Gasteiger partial charge in [0, 0.05) is 6.42 Å². The van der Waals surface area contributed by atoms with E-state index < -0.39 is 24.8 Å². The van der Waals surface area contributed by atoms with Crippen molar-refractivity contribution < 1.29 is 22.4 Å². The molecule has 1 atom stereocenters. The maximum Gasteiger partial charge on any atom is 0.324 e. The number of nitrogens with two attached hydrogens (primary N) is 1. The zero-order valence-electron chi connectivity index (χ0n) is 8.98. The van der Waals surface area contributed by atoms with Crippen molar-refractivity contribution in [2.45, 2.75) is 32.1 Å². The second-order valence-electron chi connectivity index (χ2n) is 3.72. The average Bonchev–Trinajstić information content (AvgIpc) is 2.22. The fourth-order valence-electron chi connectivity index (χ4n) is 0.877. The number of carbonyl (C=O) groups is 1. The third-order valence-corrected chi connectivity index (χ3v) is 2.11. The van der Waals surface area contributed by atoms with E-state index in [-0.39, 0.29) is 12.3 Å². The molecular weight excluding hydrogens is 228 g/mol. The molecule has 0 radical (unpaired) electrons. The number of halogens is 4. The second-order valence-corrected chi connectivity index (χ2v) is 3.72. The van der Waals surface area contributed by atoms with E-state index in [0.29, 0.717) is 13.0 Å². The molecule has 0 aromatic carbocycles. The summed E-state index contributed by atoms with van der Waals surface area (Å²) >= 11 is 0. The van der Waals surface area contributed by atoms with E-state index in [0.717, 1.165) is 0 Å². The molecular formula is C9H16F4N2O. The van der Waals surface area contributed by atoms with E-state index in [1.54, 1.807) is 12.2 Å². The number of amides is 1. The van der Waals surface area contributed by atoms with E-state index in [2.05, 4.69) is 0 Å². The molecule has 0 saturated heterocycles. The van der Waals surface area contributed by atoms with E-state index in [1.165, 1.54) is 0 Å². The third kappa shape index (κ3) is 5.89. The van der Waals surface area contributed by atoms with Crippen molar-refractivity contribution in [3.8, 4) is 0 Å². The lowest BCUT2D eigenvalue weighted by Crippen LogP contribution is -2.41. The van der Waals surface area contributed by atoms with Crippen molar-refractivity contribution in [1.82, 2.24) is 5.32 Å². The Kier molecular flexibility index (Phi) is 6.32. The molecule has 3 nitrogen and oxygen atoms in total. The summed E-state index contributed by atoms with van der Waals surface area (Å²) in [6.45, 7) is 0.863. The minimum Gasteiger partial charge on any atom is -0.350 e. The first kappa shape index (κ1) is 15.2. The Labute approximate surface area is 91.4 Å². The Balaban J connectivity index is 3.82. The first-order valence-electron chi connectivity index (χ1n) is 4.92. The van der Waals surface area contributed by atoms with Crippen molar-refractivity contribution in [3.63, 3.8) is 0 Å². The van der Waals surface area contributed by atoms with E-state index in [4.69, 9.17) is 5.73 Å². The molecule has 1 amide bonds. The third-order valence-electron chi connectivity index (χ3n) is 2.11. The summed E-state index contributed by atoms with van der Waals surface area (Å²) in [7, 11) is 0. The lowest BCUT2D eigenvalue weighted by atomic mass is 10.1. The van der Waals surface area contributed by atoms with E-state index in [1.807, 2.05) is 0 Å². The van der Waals surface area contributed by atoms with Gasteiger partial charge < -0.3 is 11.1 Å². The van der Waals surface area contributed by atoms with Gasteiger partial charge in [0.05, 0.1) is 6.54 Å². The molecule has 1 unspecified atom stereocenters. The van der Waals surface area contributed by atoms with Crippen molar-refractivity contribution >= 4 is 5.91 Å². The Bertz CT molecular complexity index is 224. The monoisotopic (exact) mass is 244 g/mol. The first-order valence-corrected chi connectivity index (χ1v) is 4.92. The molecule has 0 aliphatic carbocycles. The number of hydrogen-bond acceptors (Lipinski definition) is 2. The van der Waals surface area contributed by atoms with Crippen LogP contribution in [0.2, 0.25) is 0 Å². The number of carbonyl (C=O) groups excluding carboxylic acids is 1. The highest BCUT2D eigenvalue weighted by Crippen LogP contribution is 2.21. The fourth-order valence-corrected chi connectivity index (χ4v) is 0.877. The Hall–Kier alpha value is -0.850. The van der Waals surface area contributed by atoms with Gasteiger partial charge in [0.15, 0.2) is 0 Å². The van der Waals surface area contributed by atoms with Gasteiger partial charge in [-0.25, -0.2) is 8.78 Å².